The number of benzene rings is 1. The van der Waals surface area contributed by atoms with Gasteiger partial charge in [-0.2, -0.15) is 5.26 Å². The number of rotatable bonds is 5. The molecule has 132 valence electrons. The van der Waals surface area contributed by atoms with Crippen LogP contribution in [0, 0.1) is 29.1 Å². The van der Waals surface area contributed by atoms with Crippen LogP contribution in [0.1, 0.15) is 74.8 Å². The number of allylic oxidation sites excluding steroid dienone is 2. The summed E-state index contributed by atoms with van der Waals surface area (Å²) in [7, 11) is 0. The monoisotopic (exact) mass is 335 g/mol. The van der Waals surface area contributed by atoms with Crippen molar-refractivity contribution in [2.75, 3.05) is 0 Å². The fourth-order valence-electron chi connectivity index (χ4n) is 4.89. The Morgan fingerprint density at radius 3 is 2.08 bits per heavy atom. The quantitative estimate of drug-likeness (QED) is 0.505. The molecule has 2 aliphatic rings. The highest BCUT2D eigenvalue weighted by Gasteiger charge is 2.30. The highest BCUT2D eigenvalue weighted by Crippen LogP contribution is 2.44. The number of carbonyl (C=O) groups excluding carboxylic acids is 1. The molecule has 2 nitrogen and oxygen atoms in total. The Morgan fingerprint density at radius 1 is 0.920 bits per heavy atom. The predicted molar refractivity (Wildman–Crippen MR) is 101 cm³/mol. The molecule has 0 spiro atoms. The van der Waals surface area contributed by atoms with Crippen LogP contribution >= 0.6 is 0 Å². The lowest BCUT2D eigenvalue weighted by Gasteiger charge is -2.37. The van der Waals surface area contributed by atoms with Crippen LogP contribution in [0.25, 0.3) is 0 Å². The third-order valence-corrected chi connectivity index (χ3v) is 6.41. The van der Waals surface area contributed by atoms with Crippen molar-refractivity contribution in [3.63, 3.8) is 0 Å². The van der Waals surface area contributed by atoms with Gasteiger partial charge in [0.25, 0.3) is 0 Å². The normalized spacial score (nSPS) is 30.0. The molecule has 0 aliphatic heterocycles. The molecule has 2 heteroatoms. The van der Waals surface area contributed by atoms with Gasteiger partial charge in [-0.05, 0) is 92.7 Å². The Balaban J connectivity index is 1.45. The second-order valence-corrected chi connectivity index (χ2v) is 7.85. The third-order valence-electron chi connectivity index (χ3n) is 6.41. The molecule has 2 fully saturated rings. The first-order chi connectivity index (χ1) is 12.3. The van der Waals surface area contributed by atoms with Crippen LogP contribution in [0.4, 0.5) is 0 Å². The van der Waals surface area contributed by atoms with Crippen LogP contribution < -0.4 is 0 Å². The van der Waals surface area contributed by atoms with Crippen molar-refractivity contribution >= 4 is 6.29 Å². The minimum absolute atomic E-state index is 0.569. The van der Waals surface area contributed by atoms with Crippen molar-refractivity contribution in [2.24, 2.45) is 17.8 Å². The van der Waals surface area contributed by atoms with E-state index in [1.807, 2.05) is 18.2 Å². The Kier molecular flexibility index (Phi) is 6.45. The highest BCUT2D eigenvalue weighted by atomic mass is 16.1. The minimum atomic E-state index is 0.569. The van der Waals surface area contributed by atoms with Crippen molar-refractivity contribution in [2.45, 2.75) is 63.7 Å². The maximum absolute atomic E-state index is 10.4. The van der Waals surface area contributed by atoms with Gasteiger partial charge in [-0.3, -0.25) is 0 Å². The summed E-state index contributed by atoms with van der Waals surface area (Å²) in [6, 6.07) is 10.4. The molecule has 0 N–H and O–H groups in total. The van der Waals surface area contributed by atoms with Gasteiger partial charge in [-0.1, -0.05) is 24.3 Å². The van der Waals surface area contributed by atoms with Crippen LogP contribution in [0.15, 0.2) is 36.4 Å². The zero-order valence-corrected chi connectivity index (χ0v) is 15.1. The molecule has 0 heterocycles. The number of hydrogen-bond acceptors (Lipinski definition) is 2. The van der Waals surface area contributed by atoms with Gasteiger partial charge in [0.15, 0.2) is 0 Å². The average molecular weight is 335 g/mol. The van der Waals surface area contributed by atoms with Gasteiger partial charge >= 0.3 is 0 Å². The molecule has 0 atom stereocenters. The van der Waals surface area contributed by atoms with E-state index >= 15 is 0 Å². The van der Waals surface area contributed by atoms with Gasteiger partial charge < -0.3 is 4.79 Å². The van der Waals surface area contributed by atoms with E-state index in [0.29, 0.717) is 18.3 Å². The second kappa shape index (κ2) is 8.99. The SMILES string of the molecule is N#Cc1ccc(C2CCC(C3CCC(C=CCC=O)CC3)CC2)cc1. The zero-order valence-electron chi connectivity index (χ0n) is 15.1. The lowest BCUT2D eigenvalue weighted by molar-refractivity contribution is -0.107. The van der Waals surface area contributed by atoms with Crippen LogP contribution in [-0.2, 0) is 4.79 Å². The summed E-state index contributed by atoms with van der Waals surface area (Å²) in [5.41, 5.74) is 2.18. The molecule has 0 radical (unpaired) electrons. The molecule has 0 unspecified atom stereocenters. The summed E-state index contributed by atoms with van der Waals surface area (Å²) in [6.07, 6.45) is 16.5. The Labute approximate surface area is 151 Å². The van der Waals surface area contributed by atoms with Crippen LogP contribution in [0.2, 0.25) is 0 Å². The topological polar surface area (TPSA) is 40.9 Å². The number of aldehydes is 1. The summed E-state index contributed by atoms with van der Waals surface area (Å²) in [4.78, 5) is 10.4. The standard InChI is InChI=1S/C23H29NO/c24-17-19-6-10-21(11-7-19)23-14-12-22(13-15-23)20-8-4-18(5-9-20)3-1-2-16-25/h1,3,6-7,10-11,16,18,20,22-23H,2,4-5,8-9,12-15H2. The highest BCUT2D eigenvalue weighted by molar-refractivity contribution is 5.51. The van der Waals surface area contributed by atoms with E-state index in [9.17, 15) is 4.79 Å². The molecule has 2 aliphatic carbocycles. The van der Waals surface area contributed by atoms with E-state index in [0.717, 1.165) is 23.7 Å². The molecular weight excluding hydrogens is 306 g/mol. The maximum Gasteiger partial charge on any atom is 0.123 e. The molecule has 1 aromatic carbocycles. The van der Waals surface area contributed by atoms with Gasteiger partial charge in [0.05, 0.1) is 11.6 Å². The lowest BCUT2D eigenvalue weighted by atomic mass is 9.68. The van der Waals surface area contributed by atoms with Gasteiger partial charge in [-0.15, -0.1) is 0 Å². The zero-order chi connectivity index (χ0) is 17.5. The smallest absolute Gasteiger partial charge is 0.123 e. The van der Waals surface area contributed by atoms with Gasteiger partial charge in [0.1, 0.15) is 6.29 Å². The summed E-state index contributed by atoms with van der Waals surface area (Å²) in [6.45, 7) is 0. The van der Waals surface area contributed by atoms with Gasteiger partial charge in [0, 0.05) is 6.42 Å². The molecule has 0 bridgehead atoms. The molecular formula is C23H29NO. The molecule has 0 amide bonds. The first kappa shape index (κ1) is 17.9. The average Bonchev–Trinajstić information content (AvgIpc) is 2.69. The minimum Gasteiger partial charge on any atom is -0.303 e. The van der Waals surface area contributed by atoms with Crippen molar-refractivity contribution < 1.29 is 4.79 Å². The van der Waals surface area contributed by atoms with E-state index in [2.05, 4.69) is 24.3 Å². The Bertz CT molecular complexity index is 608. The van der Waals surface area contributed by atoms with Crippen LogP contribution in [0.3, 0.4) is 0 Å². The van der Waals surface area contributed by atoms with Crippen molar-refractivity contribution in [1.82, 2.24) is 0 Å². The summed E-state index contributed by atoms with van der Waals surface area (Å²) >= 11 is 0. The van der Waals surface area contributed by atoms with E-state index in [1.54, 1.807) is 0 Å². The van der Waals surface area contributed by atoms with Crippen molar-refractivity contribution in [3.8, 4) is 6.07 Å². The van der Waals surface area contributed by atoms with Crippen molar-refractivity contribution in [1.29, 1.82) is 5.26 Å². The predicted octanol–water partition coefficient (Wildman–Crippen LogP) is 5.78. The molecule has 0 saturated heterocycles. The Hall–Kier alpha value is -1.88. The number of nitrogens with zero attached hydrogens (tertiary/aromatic N) is 1. The first-order valence-corrected chi connectivity index (χ1v) is 9.90. The van der Waals surface area contributed by atoms with Crippen LogP contribution in [0.5, 0.6) is 0 Å². The van der Waals surface area contributed by atoms with Crippen LogP contribution in [-0.4, -0.2) is 6.29 Å². The lowest BCUT2D eigenvalue weighted by Crippen LogP contribution is -2.25. The van der Waals surface area contributed by atoms with E-state index in [4.69, 9.17) is 5.26 Å². The van der Waals surface area contributed by atoms with E-state index in [-0.39, 0.29) is 0 Å². The first-order valence-electron chi connectivity index (χ1n) is 9.90. The number of carbonyl (C=O) groups is 1. The Morgan fingerprint density at radius 2 is 1.52 bits per heavy atom. The molecule has 3 rings (SSSR count). The van der Waals surface area contributed by atoms with E-state index < -0.39 is 0 Å². The van der Waals surface area contributed by atoms with E-state index in [1.165, 1.54) is 56.9 Å². The van der Waals surface area contributed by atoms with Gasteiger partial charge in [0.2, 0.25) is 0 Å². The number of hydrogen-bond donors (Lipinski definition) is 0. The summed E-state index contributed by atoms with van der Waals surface area (Å²) in [5, 5.41) is 8.93. The fourth-order valence-corrected chi connectivity index (χ4v) is 4.89. The number of nitriles is 1. The maximum atomic E-state index is 10.4. The molecule has 0 aromatic heterocycles. The van der Waals surface area contributed by atoms with Gasteiger partial charge in [-0.25, -0.2) is 0 Å². The summed E-state index contributed by atoms with van der Waals surface area (Å²) < 4.78 is 0. The third kappa shape index (κ3) is 4.82. The fraction of sp³-hybridized carbons (Fsp3) is 0.565. The molecule has 2 saturated carbocycles. The largest absolute Gasteiger partial charge is 0.303 e. The second-order valence-electron chi connectivity index (χ2n) is 7.85. The molecule has 25 heavy (non-hydrogen) atoms. The summed E-state index contributed by atoms with van der Waals surface area (Å²) in [5.74, 6) is 3.21. The molecule has 1 aromatic rings. The van der Waals surface area contributed by atoms with Crippen molar-refractivity contribution in [3.05, 3.63) is 47.5 Å².